The summed E-state index contributed by atoms with van der Waals surface area (Å²) < 4.78 is 326. The number of carbonyl (C=O) groups is 5. The minimum atomic E-state index is -4.72. The molecule has 2 heterocycles. The van der Waals surface area contributed by atoms with Crippen molar-refractivity contribution in [1.82, 2.24) is 0 Å². The maximum Gasteiger partial charge on any atom is 0.492 e. The van der Waals surface area contributed by atoms with E-state index in [9.17, 15) is 116 Å². The number of phenols is 1. The summed E-state index contributed by atoms with van der Waals surface area (Å²) in [4.78, 5) is 54.7. The van der Waals surface area contributed by atoms with Crippen molar-refractivity contribution in [2.24, 2.45) is 0 Å². The smallest absolute Gasteiger partial charge is 0.492 e. The van der Waals surface area contributed by atoms with Crippen LogP contribution < -0.4 is 29.1 Å². The molecule has 1 fully saturated rings. The van der Waals surface area contributed by atoms with Crippen LogP contribution in [0.2, 0.25) is 0 Å². The predicted octanol–water partition coefficient (Wildman–Crippen LogP) is 30.1. The summed E-state index contributed by atoms with van der Waals surface area (Å²) in [6.07, 6.45) is -17.0. The second kappa shape index (κ2) is 63.8. The Balaban J connectivity index is 0.000000585. The first kappa shape index (κ1) is 136. The lowest BCUT2D eigenvalue weighted by Gasteiger charge is -2.23. The van der Waals surface area contributed by atoms with Crippen molar-refractivity contribution >= 4 is 183 Å². The van der Waals surface area contributed by atoms with Crippen LogP contribution in [0.15, 0.2) is 221 Å². The van der Waals surface area contributed by atoms with E-state index in [0.29, 0.717) is 20.2 Å². The number of rotatable bonds is 20. The Morgan fingerprint density at radius 3 is 1.07 bits per heavy atom. The lowest BCUT2D eigenvalue weighted by molar-refractivity contribution is -0.169. The number of benzene rings is 11. The quantitative estimate of drug-likeness (QED) is 0.00808. The van der Waals surface area contributed by atoms with Gasteiger partial charge in [0.2, 0.25) is 0 Å². The molecule has 0 aliphatic carbocycles. The molecule has 0 amide bonds. The highest BCUT2D eigenvalue weighted by atomic mass is 127. The van der Waals surface area contributed by atoms with E-state index >= 15 is 0 Å². The van der Waals surface area contributed by atoms with Crippen LogP contribution in [-0.2, 0) is 78.5 Å². The van der Waals surface area contributed by atoms with Gasteiger partial charge in [0, 0.05) is 53.4 Å². The van der Waals surface area contributed by atoms with Crippen LogP contribution in [0, 0.1) is 38.5 Å². The third-order valence-electron chi connectivity index (χ3n) is 18.7. The summed E-state index contributed by atoms with van der Waals surface area (Å²) in [5.74, 6) is -8.05. The van der Waals surface area contributed by atoms with Gasteiger partial charge in [-0.1, -0.05) is 118 Å². The van der Waals surface area contributed by atoms with E-state index < -0.39 is 139 Å². The fourth-order valence-corrected chi connectivity index (χ4v) is 16.2. The van der Waals surface area contributed by atoms with Crippen molar-refractivity contribution in [2.45, 2.75) is 116 Å². The minimum absolute atomic E-state index is 0. The van der Waals surface area contributed by atoms with E-state index in [2.05, 4.69) is 88.6 Å². The molecule has 11 aromatic carbocycles. The number of hydrogen-bond donors (Lipinski definition) is 4. The first-order valence-electron chi connectivity index (χ1n) is 42.1. The molecule has 0 unspecified atom stereocenters. The highest BCUT2D eigenvalue weighted by molar-refractivity contribution is 14.1. The molecule has 818 valence electrons. The molecule has 19 nitrogen and oxygen atoms in total. The number of carbonyl (C=O) groups excluding carboxylic acids is 4. The molecule has 0 bridgehead atoms. The average Bonchev–Trinajstić information content (AvgIpc) is 1.58. The van der Waals surface area contributed by atoms with Crippen molar-refractivity contribution in [3.05, 3.63) is 273 Å². The number of carboxylic acids is 1. The van der Waals surface area contributed by atoms with Crippen molar-refractivity contribution in [3.8, 4) is 90.1 Å². The maximum absolute atomic E-state index is 14.3. The SMILES string of the molecule is BrB(Br)Br.C.C.C1CCOC1.CC(=O)O.CCOC(=O)C(Br)(Br)C(=O)OCC.CCOC(=O)C1(C(=O)OCC)Oc2c(cc(F)cc2-c2ccccc2C(F)(F)F)S1.COc1c(I)cc(F)cc1-c1ccccc1C(F)(F)F.COc1c(SC)cc(F)cc1-c1ccccc1C(F)(F)F.COc1ccc(F)cc1-c1ccccc1C(F)(F)F.COc1ccc(F)cc1B(O)O.CSc1cc(F)cc(-c2ccccc2C(F)(F)F)c1O. The number of halogens is 27. The van der Waals surface area contributed by atoms with Crippen LogP contribution in [0.25, 0.3) is 55.6 Å². The number of phenolic OH excluding ortho intramolecular Hbond substituents is 1. The first-order valence-corrected chi connectivity index (χ1v) is 50.7. The van der Waals surface area contributed by atoms with E-state index in [0.717, 1.165) is 123 Å². The third-order valence-corrected chi connectivity index (χ3v) is 23.5. The second-order valence-corrected chi connectivity index (χ2v) is 42.6. The Morgan fingerprint density at radius 2 is 0.727 bits per heavy atom. The molecule has 13 rings (SSSR count). The molecule has 150 heavy (non-hydrogen) atoms. The maximum atomic E-state index is 14.3. The van der Waals surface area contributed by atoms with E-state index in [-0.39, 0.29) is 150 Å². The number of hydrogen-bond acceptors (Lipinski definition) is 21. The summed E-state index contributed by atoms with van der Waals surface area (Å²) >= 11 is 19.7. The van der Waals surface area contributed by atoms with Crippen molar-refractivity contribution in [1.29, 1.82) is 0 Å². The van der Waals surface area contributed by atoms with Crippen molar-refractivity contribution in [3.63, 3.8) is 0 Å². The zero-order chi connectivity index (χ0) is 112. The van der Waals surface area contributed by atoms with Crippen molar-refractivity contribution < 1.29 is 184 Å². The number of ether oxygens (including phenoxy) is 10. The lowest BCUT2D eigenvalue weighted by Crippen LogP contribution is -2.49. The van der Waals surface area contributed by atoms with Gasteiger partial charge < -0.3 is 67.6 Å². The fraction of sp³-hybridized carbons (Fsp3) is 0.283. The number of aromatic hydroxyl groups is 1. The van der Waals surface area contributed by atoms with Crippen LogP contribution in [0.1, 0.15) is 90.1 Å². The normalized spacial score (nSPS) is 11.9. The molecule has 0 saturated carbocycles. The van der Waals surface area contributed by atoms with E-state index in [1.54, 1.807) is 26.4 Å². The van der Waals surface area contributed by atoms with Crippen LogP contribution in [0.4, 0.5) is 92.2 Å². The first-order chi connectivity index (χ1) is 69.2. The number of fused-ring (bicyclic) bond motifs is 1. The zero-order valence-corrected chi connectivity index (χ0v) is 91.3. The van der Waals surface area contributed by atoms with Gasteiger partial charge in [-0.3, -0.25) is 4.79 Å². The third kappa shape index (κ3) is 41.0. The summed E-state index contributed by atoms with van der Waals surface area (Å²) in [5.41, 5.74) is -5.42. The van der Waals surface area contributed by atoms with Gasteiger partial charge in [0.25, 0.3) is 9.20 Å². The molecular weight excluding hydrogens is 2540 g/mol. The Morgan fingerprint density at radius 1 is 0.420 bits per heavy atom. The molecule has 0 spiro atoms. The van der Waals surface area contributed by atoms with Crippen LogP contribution in [-0.4, -0.2) is 149 Å². The molecule has 2 aliphatic rings. The number of esters is 4. The molecule has 0 radical (unpaired) electrons. The van der Waals surface area contributed by atoms with Gasteiger partial charge in [-0.2, -0.15) is 65.9 Å². The predicted molar refractivity (Wildman–Crippen MR) is 560 cm³/mol. The number of thioether (sulfide) groups is 3. The van der Waals surface area contributed by atoms with E-state index in [1.807, 2.05) is 22.6 Å². The Hall–Kier alpha value is -9.71. The molecule has 2 aliphatic heterocycles. The summed E-state index contributed by atoms with van der Waals surface area (Å²) in [6.45, 7) is 9.64. The van der Waals surface area contributed by atoms with E-state index in [1.165, 1.54) is 182 Å². The topological polar surface area (TPSA) is 259 Å². The molecule has 11 aromatic rings. The summed E-state index contributed by atoms with van der Waals surface area (Å²) in [5, 5.41) is 35.0. The highest BCUT2D eigenvalue weighted by Crippen LogP contribution is 2.56. The van der Waals surface area contributed by atoms with Crippen LogP contribution >= 0.6 is 137 Å². The fourth-order valence-electron chi connectivity index (χ4n) is 12.7. The molecular formula is C99H95B2Br5F21IO19S3. The van der Waals surface area contributed by atoms with Gasteiger partial charge in [-0.15, -0.1) is 70.8 Å². The van der Waals surface area contributed by atoms with Gasteiger partial charge in [-0.25, -0.2) is 45.5 Å². The highest BCUT2D eigenvalue weighted by Gasteiger charge is 2.59. The monoisotopic (exact) mass is 2630 g/mol. The standard InChI is InChI=1S/C20H16F4O5S.C15H12F4OS.C14H9F4IO.C14H10F4OS.C14H10F4O.C7H8BFO3.C7H10Br2O4.C4H8O.C2H4O2.2CH4.BBr3/c1-3-27-17(25)19(18(26)28-4-2)29-16-13(9-11(21)10-15(16)30-19)12-7-5-6-8-14(12)20(22,23)24;1-20-14-11(7-9(16)8-13(14)21-2)10-5-3-4-6-12(10)15(17,18)19;1-20-13-10(6-8(15)7-12(13)19)9-4-2-3-5-11(9)14(16,17)18;1-20-12-7-8(15)6-10(13(12)19)9-4-2-3-5-11(9)14(16,17)18;1-19-13-7-6-9(15)8-11(13)10-4-2-3-5-12(10)14(16,17)18;1-12-7-3-2-5(9)4-6(7)8(10)11;1-3-12-5(10)7(8,9)6(11)13-4-2;1-2-4-5-3-1;1-2(3)4;;;2-1(3)4/h5-10H,3-4H2,1-2H3;3-8H,1-2H3;2-7H,1H3;2-7,19H,1H3;2-8H,1H3;2-4,10-11H,1H3;3-4H2,1-2H3;1-4H2;1H3,(H,3,4);2*1H4;. The second-order valence-electron chi connectivity index (χ2n) is 28.6. The molecule has 4 N–H and O–H groups in total. The molecule has 1 saturated heterocycles. The number of carboxylic acid groups (broad SMARTS) is 1. The van der Waals surface area contributed by atoms with Gasteiger partial charge in [0.05, 0.1) is 101 Å². The number of aliphatic carboxylic acids is 1. The minimum Gasteiger partial charge on any atom is -0.506 e. The lowest BCUT2D eigenvalue weighted by atomic mass is 9.79. The Bertz CT molecular complexity index is 6190. The van der Waals surface area contributed by atoms with Gasteiger partial charge in [0.15, 0.2) is 0 Å². The molecule has 0 atom stereocenters. The van der Waals surface area contributed by atoms with Crippen LogP contribution in [0.5, 0.6) is 34.5 Å². The number of methoxy groups -OCH3 is 4. The Kier molecular flexibility index (Phi) is 58.0. The van der Waals surface area contributed by atoms with Crippen molar-refractivity contribution in [2.75, 3.05) is 80.6 Å². The summed E-state index contributed by atoms with van der Waals surface area (Å²) in [6, 6.07) is 39.8. The number of alkyl halides is 17. The Labute approximate surface area is 918 Å². The average molecular weight is 2630 g/mol. The van der Waals surface area contributed by atoms with Crippen LogP contribution in [0.3, 0.4) is 0 Å². The molecule has 0 aromatic heterocycles. The van der Waals surface area contributed by atoms with Gasteiger partial charge in [0.1, 0.15) is 69.4 Å². The molecule has 51 heteroatoms. The van der Waals surface area contributed by atoms with Gasteiger partial charge in [-0.05, 0) is 251 Å². The summed E-state index contributed by atoms with van der Waals surface area (Å²) in [7, 11) is 3.68. The largest absolute Gasteiger partial charge is 0.506 e. The zero-order valence-electron chi connectivity index (χ0n) is 78.8. The van der Waals surface area contributed by atoms with Gasteiger partial charge >= 0.3 is 70.0 Å². The van der Waals surface area contributed by atoms with E-state index in [4.69, 9.17) is 57.8 Å².